The molecule has 0 aliphatic rings. The first kappa shape index (κ1) is 19.5. The molecule has 1 amide bonds. The molecule has 28 heavy (non-hydrogen) atoms. The van der Waals surface area contributed by atoms with E-state index in [4.69, 9.17) is 4.74 Å². The number of thioether (sulfide) groups is 1. The van der Waals surface area contributed by atoms with Crippen molar-refractivity contribution < 1.29 is 18.7 Å². The number of nitrogens with one attached hydrogen (secondary N) is 1. The Morgan fingerprint density at radius 3 is 2.64 bits per heavy atom. The van der Waals surface area contributed by atoms with Gasteiger partial charge in [-0.25, -0.2) is 4.39 Å². The van der Waals surface area contributed by atoms with Crippen molar-refractivity contribution in [1.82, 2.24) is 15.0 Å². The molecule has 8 nitrogen and oxygen atoms in total. The summed E-state index contributed by atoms with van der Waals surface area (Å²) >= 11 is 1.05. The monoisotopic (exact) mass is 402 g/mol. The topological polar surface area (TPSA) is 103 Å². The average Bonchev–Trinajstić information content (AvgIpc) is 2.69. The Labute approximate surface area is 162 Å². The van der Waals surface area contributed by atoms with Gasteiger partial charge in [0.1, 0.15) is 11.3 Å². The maximum atomic E-state index is 12.8. The number of anilines is 1. The standard InChI is InChI=1S/C18H15FN4O4S/c19-12-5-7-13(8-6-12)20-16(24)9-28-10-17(25)27-11-23-18(26)14-3-1-2-4-15(14)21-22-23/h1-8H,9-11H2,(H,20,24). The highest BCUT2D eigenvalue weighted by atomic mass is 32.2. The molecule has 0 radical (unpaired) electrons. The van der Waals surface area contributed by atoms with Gasteiger partial charge in [0.2, 0.25) is 5.91 Å². The summed E-state index contributed by atoms with van der Waals surface area (Å²) in [5.74, 6) is -1.39. The number of halogens is 1. The minimum Gasteiger partial charge on any atom is -0.442 e. The maximum absolute atomic E-state index is 12.8. The Kier molecular flexibility index (Phi) is 6.33. The van der Waals surface area contributed by atoms with Crippen LogP contribution in [0.4, 0.5) is 10.1 Å². The summed E-state index contributed by atoms with van der Waals surface area (Å²) in [6.07, 6.45) is 0. The van der Waals surface area contributed by atoms with Crippen molar-refractivity contribution in [2.45, 2.75) is 6.73 Å². The number of ether oxygens (including phenoxy) is 1. The van der Waals surface area contributed by atoms with Gasteiger partial charge in [-0.2, -0.15) is 4.68 Å². The van der Waals surface area contributed by atoms with Gasteiger partial charge >= 0.3 is 5.97 Å². The lowest BCUT2D eigenvalue weighted by Gasteiger charge is -2.07. The predicted molar refractivity (Wildman–Crippen MR) is 102 cm³/mol. The van der Waals surface area contributed by atoms with Crippen molar-refractivity contribution in [1.29, 1.82) is 0 Å². The molecule has 0 saturated heterocycles. The van der Waals surface area contributed by atoms with Gasteiger partial charge in [0.25, 0.3) is 5.56 Å². The summed E-state index contributed by atoms with van der Waals surface area (Å²) in [5, 5.41) is 10.6. The lowest BCUT2D eigenvalue weighted by atomic mass is 10.2. The number of benzene rings is 2. The molecule has 0 fully saturated rings. The summed E-state index contributed by atoms with van der Waals surface area (Å²) in [5.41, 5.74) is 0.506. The lowest BCUT2D eigenvalue weighted by Crippen LogP contribution is -2.27. The second-order valence-corrected chi connectivity index (χ2v) is 6.59. The summed E-state index contributed by atoms with van der Waals surface area (Å²) in [4.78, 5) is 35.8. The number of rotatable bonds is 7. The van der Waals surface area contributed by atoms with Crippen molar-refractivity contribution in [2.75, 3.05) is 16.8 Å². The highest BCUT2D eigenvalue weighted by Crippen LogP contribution is 2.10. The number of carbonyl (C=O) groups excluding carboxylic acids is 2. The molecule has 2 aromatic carbocycles. The van der Waals surface area contributed by atoms with Crippen LogP contribution in [0.2, 0.25) is 0 Å². The molecule has 10 heteroatoms. The molecule has 0 spiro atoms. The van der Waals surface area contributed by atoms with Gasteiger partial charge in [-0.05, 0) is 36.4 Å². The molecule has 1 N–H and O–H groups in total. The molecule has 0 saturated carbocycles. The van der Waals surface area contributed by atoms with Crippen LogP contribution in [0.1, 0.15) is 0 Å². The number of nitrogens with zero attached hydrogens (tertiary/aromatic N) is 3. The van der Waals surface area contributed by atoms with E-state index in [1.165, 1.54) is 24.3 Å². The smallest absolute Gasteiger partial charge is 0.317 e. The number of esters is 1. The van der Waals surface area contributed by atoms with Gasteiger partial charge in [0.05, 0.1) is 16.9 Å². The maximum Gasteiger partial charge on any atom is 0.317 e. The molecule has 3 aromatic rings. The van der Waals surface area contributed by atoms with Gasteiger partial charge in [-0.3, -0.25) is 14.4 Å². The molecular weight excluding hydrogens is 387 g/mol. The lowest BCUT2D eigenvalue weighted by molar-refractivity contribution is -0.144. The Hall–Kier alpha value is -3.27. The Morgan fingerprint density at radius 1 is 1.11 bits per heavy atom. The van der Waals surface area contributed by atoms with Crippen LogP contribution in [0.5, 0.6) is 0 Å². The Morgan fingerprint density at radius 2 is 1.86 bits per heavy atom. The van der Waals surface area contributed by atoms with Crippen molar-refractivity contribution in [2.24, 2.45) is 0 Å². The molecule has 0 unspecified atom stereocenters. The van der Waals surface area contributed by atoms with Crippen LogP contribution in [0.15, 0.2) is 53.3 Å². The quantitative estimate of drug-likeness (QED) is 0.601. The highest BCUT2D eigenvalue weighted by Gasteiger charge is 2.10. The second-order valence-electron chi connectivity index (χ2n) is 5.60. The number of hydrogen-bond acceptors (Lipinski definition) is 7. The van der Waals surface area contributed by atoms with Crippen molar-refractivity contribution in [3.8, 4) is 0 Å². The van der Waals surface area contributed by atoms with Crippen LogP contribution in [-0.2, 0) is 21.1 Å². The number of carbonyl (C=O) groups is 2. The zero-order chi connectivity index (χ0) is 19.9. The van der Waals surface area contributed by atoms with Gasteiger partial charge in [-0.1, -0.05) is 17.3 Å². The summed E-state index contributed by atoms with van der Waals surface area (Å²) in [7, 11) is 0. The van der Waals surface area contributed by atoms with Crippen LogP contribution >= 0.6 is 11.8 Å². The largest absolute Gasteiger partial charge is 0.442 e. The minimum absolute atomic E-state index is 0.0161. The van der Waals surface area contributed by atoms with E-state index < -0.39 is 17.3 Å². The van der Waals surface area contributed by atoms with Gasteiger partial charge in [0, 0.05) is 5.69 Å². The Balaban J connectivity index is 1.43. The first-order valence-corrected chi connectivity index (χ1v) is 9.30. The van der Waals surface area contributed by atoms with Crippen molar-refractivity contribution >= 4 is 40.2 Å². The number of aromatic nitrogens is 3. The Bertz CT molecular complexity index is 1060. The fourth-order valence-corrected chi connectivity index (χ4v) is 2.85. The predicted octanol–water partition coefficient (Wildman–Crippen LogP) is 1.80. The van der Waals surface area contributed by atoms with Gasteiger partial charge in [0.15, 0.2) is 6.73 Å². The summed E-state index contributed by atoms with van der Waals surface area (Å²) in [6.45, 7) is -0.363. The molecule has 0 aliphatic carbocycles. The number of fused-ring (bicyclic) bond motifs is 1. The SMILES string of the molecule is O=C(CSCC(=O)OCn1nnc2ccccc2c1=O)Nc1ccc(F)cc1. The first-order valence-electron chi connectivity index (χ1n) is 8.14. The normalized spacial score (nSPS) is 10.6. The van der Waals surface area contributed by atoms with Gasteiger partial charge in [-0.15, -0.1) is 16.9 Å². The first-order chi connectivity index (χ1) is 13.5. The summed E-state index contributed by atoms with van der Waals surface area (Å²) in [6, 6.07) is 12.1. The van der Waals surface area contributed by atoms with Crippen LogP contribution in [-0.4, -0.2) is 38.4 Å². The van der Waals surface area contributed by atoms with Crippen molar-refractivity contribution in [3.63, 3.8) is 0 Å². The molecule has 0 bridgehead atoms. The third-order valence-corrected chi connectivity index (χ3v) is 4.46. The van der Waals surface area contributed by atoms with Crippen LogP contribution < -0.4 is 10.9 Å². The van der Waals surface area contributed by atoms with E-state index in [1.807, 2.05) is 0 Å². The van der Waals surface area contributed by atoms with E-state index in [-0.39, 0.29) is 24.1 Å². The fraction of sp³-hybridized carbons (Fsp3) is 0.167. The zero-order valence-electron chi connectivity index (χ0n) is 14.5. The van der Waals surface area contributed by atoms with E-state index in [1.54, 1.807) is 24.3 Å². The van der Waals surface area contributed by atoms with E-state index in [2.05, 4.69) is 15.6 Å². The molecule has 0 atom stereocenters. The molecule has 3 rings (SSSR count). The minimum atomic E-state index is -0.596. The molecular formula is C18H15FN4O4S. The highest BCUT2D eigenvalue weighted by molar-refractivity contribution is 8.00. The third-order valence-electron chi connectivity index (χ3n) is 3.56. The molecule has 1 heterocycles. The zero-order valence-corrected chi connectivity index (χ0v) is 15.3. The van der Waals surface area contributed by atoms with Crippen LogP contribution in [0.3, 0.4) is 0 Å². The molecule has 1 aromatic heterocycles. The number of hydrogen-bond donors (Lipinski definition) is 1. The third kappa shape index (κ3) is 5.13. The number of amides is 1. The molecule has 144 valence electrons. The van der Waals surface area contributed by atoms with Gasteiger partial charge < -0.3 is 10.1 Å². The van der Waals surface area contributed by atoms with E-state index in [0.717, 1.165) is 16.4 Å². The van der Waals surface area contributed by atoms with E-state index in [0.29, 0.717) is 16.6 Å². The van der Waals surface area contributed by atoms with Crippen LogP contribution in [0, 0.1) is 5.82 Å². The second kappa shape index (κ2) is 9.09. The fourth-order valence-electron chi connectivity index (χ4n) is 2.24. The van der Waals surface area contributed by atoms with E-state index >= 15 is 0 Å². The van der Waals surface area contributed by atoms with Crippen LogP contribution in [0.25, 0.3) is 10.9 Å². The van der Waals surface area contributed by atoms with Crippen molar-refractivity contribution in [3.05, 3.63) is 64.7 Å². The molecule has 0 aliphatic heterocycles. The summed E-state index contributed by atoms with van der Waals surface area (Å²) < 4.78 is 18.8. The average molecular weight is 402 g/mol. The van der Waals surface area contributed by atoms with E-state index in [9.17, 15) is 18.8 Å².